The summed E-state index contributed by atoms with van der Waals surface area (Å²) in [6.45, 7) is 4.02. The highest BCUT2D eigenvalue weighted by Gasteiger charge is 2.17. The number of thiazole rings is 1. The predicted molar refractivity (Wildman–Crippen MR) is 129 cm³/mol. The van der Waals surface area contributed by atoms with E-state index >= 15 is 0 Å². The fourth-order valence-corrected chi connectivity index (χ4v) is 4.34. The number of nitro groups is 2. The van der Waals surface area contributed by atoms with Crippen LogP contribution in [0, 0.1) is 34.1 Å². The maximum absolute atomic E-state index is 11.0. The van der Waals surface area contributed by atoms with E-state index in [1.165, 1.54) is 41.8 Å². The first-order valence-electron chi connectivity index (χ1n) is 9.93. The van der Waals surface area contributed by atoms with Crippen molar-refractivity contribution in [2.24, 2.45) is 4.99 Å². The van der Waals surface area contributed by atoms with Crippen LogP contribution in [0.15, 0.2) is 71.7 Å². The Morgan fingerprint density at radius 3 is 2.30 bits per heavy atom. The summed E-state index contributed by atoms with van der Waals surface area (Å²) in [5.41, 5.74) is 5.25. The highest BCUT2D eigenvalue weighted by Crippen LogP contribution is 2.41. The molecule has 0 unspecified atom stereocenters. The minimum atomic E-state index is -0.453. The first kappa shape index (κ1) is 22.0. The lowest BCUT2D eigenvalue weighted by Crippen LogP contribution is -1.89. The van der Waals surface area contributed by atoms with Crippen molar-refractivity contribution >= 4 is 34.1 Å². The van der Waals surface area contributed by atoms with E-state index in [1.807, 2.05) is 26.0 Å². The summed E-state index contributed by atoms with van der Waals surface area (Å²) >= 11 is 1.35. The van der Waals surface area contributed by atoms with Gasteiger partial charge in [-0.05, 0) is 42.7 Å². The Labute approximate surface area is 193 Å². The molecule has 0 aliphatic carbocycles. The predicted octanol–water partition coefficient (Wildman–Crippen LogP) is 6.66. The number of aryl methyl sites for hydroxylation is 2. The standard InChI is InChI=1S/C24H18N4O4S/c1-15-6-11-21(16(2)12-15)22-23(18-7-9-19(10-8-18)27(29)30)33-24(26-22)25-14-17-4-3-5-20(13-17)28(31)32/h3-14H,1-2H3. The van der Waals surface area contributed by atoms with Gasteiger partial charge in [0, 0.05) is 36.0 Å². The van der Waals surface area contributed by atoms with Crippen molar-refractivity contribution in [3.05, 3.63) is 104 Å². The highest BCUT2D eigenvalue weighted by atomic mass is 32.1. The molecule has 0 amide bonds. The fourth-order valence-electron chi connectivity index (χ4n) is 3.40. The summed E-state index contributed by atoms with van der Waals surface area (Å²) in [7, 11) is 0. The maximum Gasteiger partial charge on any atom is 0.270 e. The van der Waals surface area contributed by atoms with Crippen molar-refractivity contribution in [3.8, 4) is 21.7 Å². The number of hydrogen-bond donors (Lipinski definition) is 0. The molecule has 0 fully saturated rings. The maximum atomic E-state index is 11.0. The molecule has 0 atom stereocenters. The van der Waals surface area contributed by atoms with Crippen LogP contribution >= 0.6 is 11.3 Å². The SMILES string of the molecule is Cc1ccc(-c2nc(N=Cc3cccc([N+](=O)[O-])c3)sc2-c2ccc([N+](=O)[O-])cc2)c(C)c1. The molecule has 164 valence electrons. The van der Waals surface area contributed by atoms with Crippen LogP contribution in [0.3, 0.4) is 0 Å². The minimum Gasteiger partial charge on any atom is -0.258 e. The van der Waals surface area contributed by atoms with Crippen LogP contribution in [0.25, 0.3) is 21.7 Å². The fraction of sp³-hybridized carbons (Fsp3) is 0.0833. The molecule has 0 aliphatic rings. The third-order valence-electron chi connectivity index (χ3n) is 5.00. The molecule has 3 aromatic carbocycles. The minimum absolute atomic E-state index is 0.0133. The molecule has 0 aliphatic heterocycles. The van der Waals surface area contributed by atoms with Gasteiger partial charge in [-0.3, -0.25) is 20.2 Å². The topological polar surface area (TPSA) is 112 Å². The number of aromatic nitrogens is 1. The molecular formula is C24H18N4O4S. The molecule has 9 heteroatoms. The summed E-state index contributed by atoms with van der Waals surface area (Å²) in [6, 6.07) is 18.6. The van der Waals surface area contributed by atoms with Crippen molar-refractivity contribution in [3.63, 3.8) is 0 Å². The van der Waals surface area contributed by atoms with Gasteiger partial charge >= 0.3 is 0 Å². The lowest BCUT2D eigenvalue weighted by atomic mass is 10.0. The Kier molecular flexibility index (Phi) is 6.05. The monoisotopic (exact) mass is 458 g/mol. The number of benzene rings is 3. The van der Waals surface area contributed by atoms with Gasteiger partial charge in [0.05, 0.1) is 20.4 Å². The van der Waals surface area contributed by atoms with Gasteiger partial charge in [0.15, 0.2) is 0 Å². The molecule has 1 heterocycles. The van der Waals surface area contributed by atoms with Gasteiger partial charge in [-0.1, -0.05) is 47.2 Å². The van der Waals surface area contributed by atoms with Gasteiger partial charge in [0.25, 0.3) is 11.4 Å². The Hall–Kier alpha value is -4.24. The van der Waals surface area contributed by atoms with E-state index in [0.29, 0.717) is 10.7 Å². The number of nitro benzene ring substituents is 2. The van der Waals surface area contributed by atoms with Gasteiger partial charge in [0.2, 0.25) is 5.13 Å². The lowest BCUT2D eigenvalue weighted by Gasteiger charge is -2.07. The van der Waals surface area contributed by atoms with E-state index in [0.717, 1.165) is 32.8 Å². The Bertz CT molecular complexity index is 1390. The van der Waals surface area contributed by atoms with E-state index in [-0.39, 0.29) is 11.4 Å². The van der Waals surface area contributed by atoms with Crippen molar-refractivity contribution in [1.29, 1.82) is 0 Å². The molecule has 4 rings (SSSR count). The van der Waals surface area contributed by atoms with Gasteiger partial charge in [-0.15, -0.1) is 0 Å². The quantitative estimate of drug-likeness (QED) is 0.182. The Balaban J connectivity index is 1.79. The number of rotatable bonds is 6. The average molecular weight is 458 g/mol. The zero-order valence-corrected chi connectivity index (χ0v) is 18.6. The summed E-state index contributed by atoms with van der Waals surface area (Å²) in [5, 5.41) is 22.5. The number of aliphatic imine (C=N–C) groups is 1. The third kappa shape index (κ3) is 4.83. The Morgan fingerprint density at radius 1 is 0.909 bits per heavy atom. The molecule has 0 N–H and O–H groups in total. The van der Waals surface area contributed by atoms with Gasteiger partial charge in [0.1, 0.15) is 0 Å². The summed E-state index contributed by atoms with van der Waals surface area (Å²) < 4.78 is 0. The third-order valence-corrected chi connectivity index (χ3v) is 6.01. The second-order valence-corrected chi connectivity index (χ2v) is 8.38. The molecule has 33 heavy (non-hydrogen) atoms. The van der Waals surface area contributed by atoms with E-state index in [1.54, 1.807) is 24.3 Å². The molecule has 0 spiro atoms. The number of nitrogens with zero attached hydrogens (tertiary/aromatic N) is 4. The van der Waals surface area contributed by atoms with E-state index in [9.17, 15) is 20.2 Å². The van der Waals surface area contributed by atoms with Crippen LogP contribution in [0.4, 0.5) is 16.5 Å². The zero-order chi connectivity index (χ0) is 23.5. The largest absolute Gasteiger partial charge is 0.270 e. The molecule has 0 saturated heterocycles. The average Bonchev–Trinajstić information content (AvgIpc) is 3.22. The molecular weight excluding hydrogens is 440 g/mol. The van der Waals surface area contributed by atoms with Crippen molar-refractivity contribution < 1.29 is 9.85 Å². The molecule has 0 saturated carbocycles. The van der Waals surface area contributed by atoms with Crippen LogP contribution < -0.4 is 0 Å². The first-order valence-corrected chi connectivity index (χ1v) is 10.8. The summed E-state index contributed by atoms with van der Waals surface area (Å²) in [5.74, 6) is 0. The van der Waals surface area contributed by atoms with Crippen LogP contribution in [0.2, 0.25) is 0 Å². The van der Waals surface area contributed by atoms with Crippen molar-refractivity contribution in [2.45, 2.75) is 13.8 Å². The molecule has 8 nitrogen and oxygen atoms in total. The van der Waals surface area contributed by atoms with E-state index in [4.69, 9.17) is 4.98 Å². The van der Waals surface area contributed by atoms with Crippen LogP contribution in [0.5, 0.6) is 0 Å². The van der Waals surface area contributed by atoms with E-state index < -0.39 is 9.85 Å². The molecule has 1 aromatic heterocycles. The normalized spacial score (nSPS) is 11.1. The van der Waals surface area contributed by atoms with Gasteiger partial charge in [-0.25, -0.2) is 9.98 Å². The number of non-ortho nitro benzene ring substituents is 2. The second kappa shape index (κ2) is 9.09. The van der Waals surface area contributed by atoms with Crippen molar-refractivity contribution in [1.82, 2.24) is 4.98 Å². The smallest absolute Gasteiger partial charge is 0.258 e. The summed E-state index contributed by atoms with van der Waals surface area (Å²) in [6.07, 6.45) is 1.54. The first-order chi connectivity index (χ1) is 15.8. The lowest BCUT2D eigenvalue weighted by molar-refractivity contribution is -0.385. The summed E-state index contributed by atoms with van der Waals surface area (Å²) in [4.78, 5) is 31.2. The number of hydrogen-bond acceptors (Lipinski definition) is 7. The van der Waals surface area contributed by atoms with Gasteiger partial charge < -0.3 is 0 Å². The Morgan fingerprint density at radius 2 is 1.64 bits per heavy atom. The molecule has 0 bridgehead atoms. The van der Waals surface area contributed by atoms with E-state index in [2.05, 4.69) is 11.1 Å². The highest BCUT2D eigenvalue weighted by molar-refractivity contribution is 7.19. The van der Waals surface area contributed by atoms with Crippen LogP contribution in [0.1, 0.15) is 16.7 Å². The molecule has 4 aromatic rings. The van der Waals surface area contributed by atoms with Crippen molar-refractivity contribution in [2.75, 3.05) is 0 Å². The van der Waals surface area contributed by atoms with Crippen LogP contribution in [-0.2, 0) is 0 Å². The molecule has 0 radical (unpaired) electrons. The van der Waals surface area contributed by atoms with Gasteiger partial charge in [-0.2, -0.15) is 0 Å². The second-order valence-electron chi connectivity index (χ2n) is 7.41. The zero-order valence-electron chi connectivity index (χ0n) is 17.8. The van der Waals surface area contributed by atoms with Crippen LogP contribution in [-0.4, -0.2) is 21.0 Å².